The van der Waals surface area contributed by atoms with Gasteiger partial charge in [0.05, 0.1) is 11.4 Å². The molecular weight excluding hydrogens is 260 g/mol. The zero-order chi connectivity index (χ0) is 13.4. The SMILES string of the molecule is Cc1cc(Cl)ccc1-n1nnc(C#N)c1C1CCC1. The number of hydrogen-bond donors (Lipinski definition) is 0. The molecule has 2 aromatic rings. The first-order valence-electron chi connectivity index (χ1n) is 6.33. The average molecular weight is 273 g/mol. The van der Waals surface area contributed by atoms with Gasteiger partial charge in [0.25, 0.3) is 0 Å². The molecule has 0 atom stereocenters. The quantitative estimate of drug-likeness (QED) is 0.842. The van der Waals surface area contributed by atoms with Crippen LogP contribution in [0.5, 0.6) is 0 Å². The fourth-order valence-corrected chi connectivity index (χ4v) is 2.68. The summed E-state index contributed by atoms with van der Waals surface area (Å²) in [6.45, 7) is 1.99. The van der Waals surface area contributed by atoms with Gasteiger partial charge in [0, 0.05) is 10.9 Å². The van der Waals surface area contributed by atoms with Crippen LogP contribution < -0.4 is 0 Å². The summed E-state index contributed by atoms with van der Waals surface area (Å²) in [6, 6.07) is 7.80. The van der Waals surface area contributed by atoms with Gasteiger partial charge in [0.1, 0.15) is 6.07 Å². The van der Waals surface area contributed by atoms with Crippen molar-refractivity contribution in [1.29, 1.82) is 5.26 Å². The highest BCUT2D eigenvalue weighted by Crippen LogP contribution is 2.38. The molecular formula is C14H13ClN4. The number of hydrogen-bond acceptors (Lipinski definition) is 3. The van der Waals surface area contributed by atoms with E-state index in [9.17, 15) is 5.26 Å². The van der Waals surface area contributed by atoms with Crippen LogP contribution in [0.2, 0.25) is 5.02 Å². The first-order chi connectivity index (χ1) is 9.20. The Morgan fingerprint density at radius 3 is 2.79 bits per heavy atom. The predicted molar refractivity (Wildman–Crippen MR) is 72.4 cm³/mol. The molecule has 1 aromatic heterocycles. The maximum Gasteiger partial charge on any atom is 0.186 e. The average Bonchev–Trinajstić information content (AvgIpc) is 2.71. The molecule has 0 unspecified atom stereocenters. The topological polar surface area (TPSA) is 54.5 Å². The third kappa shape index (κ3) is 2.00. The summed E-state index contributed by atoms with van der Waals surface area (Å²) in [4.78, 5) is 0. The molecule has 4 nitrogen and oxygen atoms in total. The van der Waals surface area contributed by atoms with Gasteiger partial charge < -0.3 is 0 Å². The first-order valence-corrected chi connectivity index (χ1v) is 6.70. The lowest BCUT2D eigenvalue weighted by atomic mass is 9.82. The highest BCUT2D eigenvalue weighted by molar-refractivity contribution is 6.30. The summed E-state index contributed by atoms with van der Waals surface area (Å²) < 4.78 is 1.80. The van der Waals surface area contributed by atoms with Crippen molar-refractivity contribution in [2.45, 2.75) is 32.1 Å². The van der Waals surface area contributed by atoms with Gasteiger partial charge in [0.2, 0.25) is 0 Å². The Bertz CT molecular complexity index is 665. The van der Waals surface area contributed by atoms with Crippen molar-refractivity contribution in [1.82, 2.24) is 15.0 Å². The van der Waals surface area contributed by atoms with Gasteiger partial charge in [-0.15, -0.1) is 5.10 Å². The number of benzene rings is 1. The zero-order valence-electron chi connectivity index (χ0n) is 10.6. The lowest BCUT2D eigenvalue weighted by Crippen LogP contribution is -2.16. The van der Waals surface area contributed by atoms with Crippen LogP contribution in [0.25, 0.3) is 5.69 Å². The molecule has 0 bridgehead atoms. The van der Waals surface area contributed by atoms with Gasteiger partial charge >= 0.3 is 0 Å². The van der Waals surface area contributed by atoms with Gasteiger partial charge in [-0.3, -0.25) is 0 Å². The number of halogens is 1. The molecule has 3 rings (SSSR count). The monoisotopic (exact) mass is 272 g/mol. The normalized spacial score (nSPS) is 15.0. The molecule has 0 aliphatic heterocycles. The van der Waals surface area contributed by atoms with E-state index in [1.165, 1.54) is 6.42 Å². The molecule has 1 saturated carbocycles. The van der Waals surface area contributed by atoms with Crippen LogP contribution in [-0.2, 0) is 0 Å². The van der Waals surface area contributed by atoms with Crippen LogP contribution in [-0.4, -0.2) is 15.0 Å². The lowest BCUT2D eigenvalue weighted by molar-refractivity contribution is 0.402. The van der Waals surface area contributed by atoms with E-state index < -0.39 is 0 Å². The van der Waals surface area contributed by atoms with Crippen LogP contribution in [0.3, 0.4) is 0 Å². The van der Waals surface area contributed by atoms with E-state index in [1.54, 1.807) is 4.68 Å². The van der Waals surface area contributed by atoms with Gasteiger partial charge in [-0.2, -0.15) is 5.26 Å². The van der Waals surface area contributed by atoms with Gasteiger partial charge in [-0.1, -0.05) is 23.2 Å². The standard InChI is InChI=1S/C14H13ClN4/c1-9-7-11(15)5-6-13(9)19-14(10-3-2-4-10)12(8-16)17-18-19/h5-7,10H,2-4H2,1H3. The van der Waals surface area contributed by atoms with E-state index >= 15 is 0 Å². The third-order valence-electron chi connectivity index (χ3n) is 3.69. The van der Waals surface area contributed by atoms with E-state index in [0.29, 0.717) is 16.6 Å². The van der Waals surface area contributed by atoms with Crippen molar-refractivity contribution in [3.8, 4) is 11.8 Å². The minimum absolute atomic E-state index is 0.403. The fraction of sp³-hybridized carbons (Fsp3) is 0.357. The summed E-state index contributed by atoms with van der Waals surface area (Å²) in [7, 11) is 0. The number of nitrogens with zero attached hydrogens (tertiary/aromatic N) is 4. The van der Waals surface area contributed by atoms with Crippen molar-refractivity contribution >= 4 is 11.6 Å². The molecule has 1 aliphatic carbocycles. The van der Waals surface area contributed by atoms with Crippen LogP contribution in [0, 0.1) is 18.3 Å². The number of nitriles is 1. The smallest absolute Gasteiger partial charge is 0.186 e. The molecule has 0 amide bonds. The number of aryl methyl sites for hydroxylation is 1. The molecule has 5 heteroatoms. The lowest BCUT2D eigenvalue weighted by Gasteiger charge is -2.26. The Labute approximate surface area is 116 Å². The minimum Gasteiger partial charge on any atom is -0.216 e. The van der Waals surface area contributed by atoms with Gasteiger partial charge in [-0.05, 0) is 43.5 Å². The summed E-state index contributed by atoms with van der Waals surface area (Å²) in [5.41, 5.74) is 3.36. The maximum atomic E-state index is 9.17. The largest absolute Gasteiger partial charge is 0.216 e. The highest BCUT2D eigenvalue weighted by atomic mass is 35.5. The molecule has 1 heterocycles. The highest BCUT2D eigenvalue weighted by Gasteiger charge is 2.28. The Balaban J connectivity index is 2.14. The second-order valence-corrected chi connectivity index (χ2v) is 5.34. The Morgan fingerprint density at radius 2 is 2.21 bits per heavy atom. The molecule has 1 aromatic carbocycles. The molecule has 0 saturated heterocycles. The van der Waals surface area contributed by atoms with Crippen molar-refractivity contribution in [3.63, 3.8) is 0 Å². The zero-order valence-corrected chi connectivity index (χ0v) is 11.4. The number of rotatable bonds is 2. The van der Waals surface area contributed by atoms with Crippen molar-refractivity contribution < 1.29 is 0 Å². The second-order valence-electron chi connectivity index (χ2n) is 4.91. The van der Waals surface area contributed by atoms with E-state index in [2.05, 4.69) is 16.4 Å². The second kappa shape index (κ2) is 4.67. The fourth-order valence-electron chi connectivity index (χ4n) is 2.45. The number of aromatic nitrogens is 3. The van der Waals surface area contributed by atoms with E-state index in [4.69, 9.17) is 11.6 Å². The van der Waals surface area contributed by atoms with Gasteiger partial charge in [-0.25, -0.2) is 4.68 Å². The van der Waals surface area contributed by atoms with Crippen LogP contribution in [0.4, 0.5) is 0 Å². The molecule has 1 fully saturated rings. The minimum atomic E-state index is 0.403. The summed E-state index contributed by atoms with van der Waals surface area (Å²) in [5.74, 6) is 0.403. The van der Waals surface area contributed by atoms with Crippen molar-refractivity contribution in [2.24, 2.45) is 0 Å². The molecule has 0 N–H and O–H groups in total. The molecule has 0 radical (unpaired) electrons. The molecule has 0 spiro atoms. The maximum absolute atomic E-state index is 9.17. The van der Waals surface area contributed by atoms with Crippen LogP contribution >= 0.6 is 11.6 Å². The Hall–Kier alpha value is -1.86. The first kappa shape index (κ1) is 12.2. The Kier molecular flexibility index (Phi) is 3.00. The molecule has 96 valence electrons. The van der Waals surface area contributed by atoms with E-state index in [0.717, 1.165) is 29.8 Å². The summed E-state index contributed by atoms with van der Waals surface area (Å²) in [6.07, 6.45) is 3.42. The summed E-state index contributed by atoms with van der Waals surface area (Å²) in [5, 5.41) is 18.0. The molecule has 1 aliphatic rings. The van der Waals surface area contributed by atoms with Crippen LogP contribution in [0.1, 0.15) is 42.1 Å². The third-order valence-corrected chi connectivity index (χ3v) is 3.92. The van der Waals surface area contributed by atoms with E-state index in [-0.39, 0.29) is 0 Å². The van der Waals surface area contributed by atoms with Crippen LogP contribution in [0.15, 0.2) is 18.2 Å². The predicted octanol–water partition coefficient (Wildman–Crippen LogP) is 3.37. The molecule has 19 heavy (non-hydrogen) atoms. The van der Waals surface area contributed by atoms with Crippen molar-refractivity contribution in [2.75, 3.05) is 0 Å². The summed E-state index contributed by atoms with van der Waals surface area (Å²) >= 11 is 5.98. The Morgan fingerprint density at radius 1 is 1.42 bits per heavy atom. The van der Waals surface area contributed by atoms with Crippen molar-refractivity contribution in [3.05, 3.63) is 40.2 Å². The van der Waals surface area contributed by atoms with E-state index in [1.807, 2.05) is 25.1 Å². The van der Waals surface area contributed by atoms with Gasteiger partial charge in [0.15, 0.2) is 5.69 Å².